The molecule has 5 nitrogen and oxygen atoms in total. The van der Waals surface area contributed by atoms with Gasteiger partial charge in [-0.1, -0.05) is 6.07 Å². The molecule has 0 bridgehead atoms. The molecule has 0 spiro atoms. The molecule has 1 rings (SSSR count). The summed E-state index contributed by atoms with van der Waals surface area (Å²) < 4.78 is 24.8. The van der Waals surface area contributed by atoms with E-state index in [2.05, 4.69) is 5.32 Å². The molecule has 1 aromatic rings. The van der Waals surface area contributed by atoms with Crippen molar-refractivity contribution in [2.75, 3.05) is 30.7 Å². The molecule has 0 aliphatic heterocycles. The van der Waals surface area contributed by atoms with Crippen LogP contribution in [0.2, 0.25) is 0 Å². The summed E-state index contributed by atoms with van der Waals surface area (Å²) in [6, 6.07) is 6.15. The highest BCUT2D eigenvalue weighted by atomic mass is 32.2. The van der Waals surface area contributed by atoms with E-state index in [0.29, 0.717) is 12.2 Å². The monoisotopic (exact) mass is 244 g/mol. The van der Waals surface area contributed by atoms with E-state index in [1.54, 1.807) is 19.2 Å². The van der Waals surface area contributed by atoms with Gasteiger partial charge < -0.3 is 10.4 Å². The molecule has 0 unspecified atom stereocenters. The summed E-state index contributed by atoms with van der Waals surface area (Å²) in [5.74, 6) is 0.0727. The van der Waals surface area contributed by atoms with E-state index >= 15 is 0 Å². The predicted octanol–water partition coefficient (Wildman–Crippen LogP) is 0.378. The summed E-state index contributed by atoms with van der Waals surface area (Å²) in [5.41, 5.74) is 0.455. The highest BCUT2D eigenvalue weighted by molar-refractivity contribution is 7.92. The second-order valence-electron chi connectivity index (χ2n) is 3.41. The number of nitrogens with one attached hydrogen (secondary N) is 1. The van der Waals surface area contributed by atoms with Crippen LogP contribution in [0.15, 0.2) is 24.3 Å². The molecule has 6 heteroatoms. The van der Waals surface area contributed by atoms with E-state index in [4.69, 9.17) is 0 Å². The van der Waals surface area contributed by atoms with Crippen LogP contribution < -0.4 is 9.62 Å². The van der Waals surface area contributed by atoms with Crippen molar-refractivity contribution in [3.8, 4) is 5.75 Å². The van der Waals surface area contributed by atoms with E-state index < -0.39 is 10.0 Å². The van der Waals surface area contributed by atoms with Crippen LogP contribution in [-0.4, -0.2) is 39.9 Å². The lowest BCUT2D eigenvalue weighted by atomic mass is 10.3. The van der Waals surface area contributed by atoms with Crippen molar-refractivity contribution in [2.24, 2.45) is 0 Å². The van der Waals surface area contributed by atoms with Crippen LogP contribution in [0.1, 0.15) is 0 Å². The summed E-state index contributed by atoms with van der Waals surface area (Å²) in [5, 5.41) is 12.1. The van der Waals surface area contributed by atoms with Crippen LogP contribution in [0.3, 0.4) is 0 Å². The van der Waals surface area contributed by atoms with Crippen LogP contribution in [0, 0.1) is 0 Å². The minimum absolute atomic E-state index is 0.0235. The van der Waals surface area contributed by atoms with Crippen LogP contribution in [0.5, 0.6) is 5.75 Å². The van der Waals surface area contributed by atoms with Gasteiger partial charge in [0.15, 0.2) is 0 Å². The smallest absolute Gasteiger partial charge is 0.236 e. The standard InChI is InChI=1S/C10H16N2O3S/c1-11-6-7-16(14,15)12(2)9-4-3-5-10(13)8-9/h3-5,8,11,13H,6-7H2,1-2H3. The molecule has 90 valence electrons. The second kappa shape index (κ2) is 5.18. The maximum Gasteiger partial charge on any atom is 0.236 e. The molecular weight excluding hydrogens is 228 g/mol. The fourth-order valence-corrected chi connectivity index (χ4v) is 2.39. The Balaban J connectivity index is 2.89. The Kier molecular flexibility index (Phi) is 4.14. The molecule has 0 radical (unpaired) electrons. The van der Waals surface area contributed by atoms with Crippen molar-refractivity contribution in [2.45, 2.75) is 0 Å². The molecule has 0 fully saturated rings. The second-order valence-corrected chi connectivity index (χ2v) is 5.53. The minimum Gasteiger partial charge on any atom is -0.508 e. The summed E-state index contributed by atoms with van der Waals surface area (Å²) >= 11 is 0. The number of anilines is 1. The molecule has 1 aromatic carbocycles. The first-order valence-electron chi connectivity index (χ1n) is 4.87. The Morgan fingerprint density at radius 3 is 2.69 bits per heavy atom. The SMILES string of the molecule is CNCCS(=O)(=O)N(C)c1cccc(O)c1. The van der Waals surface area contributed by atoms with Crippen molar-refractivity contribution in [3.05, 3.63) is 24.3 Å². The summed E-state index contributed by atoms with van der Waals surface area (Å²) in [6.07, 6.45) is 0. The lowest BCUT2D eigenvalue weighted by molar-refractivity contribution is 0.475. The number of benzene rings is 1. The normalized spacial score (nSPS) is 11.4. The number of phenols is 1. The Labute approximate surface area is 95.8 Å². The maximum atomic E-state index is 11.8. The first kappa shape index (κ1) is 12.8. The first-order chi connectivity index (χ1) is 7.47. The van der Waals surface area contributed by atoms with E-state index in [-0.39, 0.29) is 11.5 Å². The third-order valence-electron chi connectivity index (χ3n) is 2.22. The van der Waals surface area contributed by atoms with Gasteiger partial charge in [0.1, 0.15) is 5.75 Å². The fourth-order valence-electron chi connectivity index (χ4n) is 1.22. The first-order valence-corrected chi connectivity index (χ1v) is 6.48. The largest absolute Gasteiger partial charge is 0.508 e. The molecule has 0 aliphatic rings. The third kappa shape index (κ3) is 3.11. The van der Waals surface area contributed by atoms with Gasteiger partial charge in [-0.3, -0.25) is 4.31 Å². The average Bonchev–Trinajstić information content (AvgIpc) is 2.25. The third-order valence-corrected chi connectivity index (χ3v) is 3.99. The zero-order valence-corrected chi connectivity index (χ0v) is 10.2. The highest BCUT2D eigenvalue weighted by Crippen LogP contribution is 2.21. The Bertz CT molecular complexity index is 445. The average molecular weight is 244 g/mol. The number of aromatic hydroxyl groups is 1. The Morgan fingerprint density at radius 1 is 1.44 bits per heavy atom. The molecule has 0 aromatic heterocycles. The molecule has 0 saturated carbocycles. The van der Waals surface area contributed by atoms with E-state index in [1.165, 1.54) is 23.5 Å². The number of hydrogen-bond acceptors (Lipinski definition) is 4. The van der Waals surface area contributed by atoms with Gasteiger partial charge in [0.25, 0.3) is 0 Å². The molecule has 0 aliphatic carbocycles. The number of sulfonamides is 1. The van der Waals surface area contributed by atoms with E-state index in [9.17, 15) is 13.5 Å². The van der Waals surface area contributed by atoms with Crippen molar-refractivity contribution < 1.29 is 13.5 Å². The molecule has 16 heavy (non-hydrogen) atoms. The maximum absolute atomic E-state index is 11.8. The number of nitrogens with zero attached hydrogens (tertiary/aromatic N) is 1. The lowest BCUT2D eigenvalue weighted by Crippen LogP contribution is -2.32. The molecular formula is C10H16N2O3S. The molecule has 0 amide bonds. The van der Waals surface area contributed by atoms with Gasteiger partial charge in [-0.15, -0.1) is 0 Å². The Hall–Kier alpha value is -1.27. The minimum atomic E-state index is -3.33. The van der Waals surface area contributed by atoms with Gasteiger partial charge in [-0.2, -0.15) is 0 Å². The molecule has 0 saturated heterocycles. The van der Waals surface area contributed by atoms with Gasteiger partial charge in [0, 0.05) is 19.7 Å². The van der Waals surface area contributed by atoms with Crippen LogP contribution in [0.25, 0.3) is 0 Å². The zero-order valence-electron chi connectivity index (χ0n) is 9.34. The van der Waals surface area contributed by atoms with Gasteiger partial charge >= 0.3 is 0 Å². The molecule has 0 heterocycles. The van der Waals surface area contributed by atoms with Crippen molar-refractivity contribution in [1.82, 2.24) is 5.32 Å². The van der Waals surface area contributed by atoms with Gasteiger partial charge in [0.05, 0.1) is 11.4 Å². The van der Waals surface area contributed by atoms with Gasteiger partial charge in [-0.05, 0) is 19.2 Å². The van der Waals surface area contributed by atoms with Crippen molar-refractivity contribution in [3.63, 3.8) is 0 Å². The van der Waals surface area contributed by atoms with E-state index in [1.807, 2.05) is 0 Å². The van der Waals surface area contributed by atoms with Gasteiger partial charge in [-0.25, -0.2) is 8.42 Å². The lowest BCUT2D eigenvalue weighted by Gasteiger charge is -2.19. The van der Waals surface area contributed by atoms with Gasteiger partial charge in [0.2, 0.25) is 10.0 Å². The topological polar surface area (TPSA) is 69.6 Å². The number of rotatable bonds is 5. The predicted molar refractivity (Wildman–Crippen MR) is 64.2 cm³/mol. The summed E-state index contributed by atoms with van der Waals surface area (Å²) in [4.78, 5) is 0. The number of hydrogen-bond donors (Lipinski definition) is 2. The zero-order chi connectivity index (χ0) is 12.2. The summed E-state index contributed by atoms with van der Waals surface area (Å²) in [6.45, 7) is 0.394. The quantitative estimate of drug-likeness (QED) is 0.785. The highest BCUT2D eigenvalue weighted by Gasteiger charge is 2.17. The van der Waals surface area contributed by atoms with Crippen LogP contribution in [0.4, 0.5) is 5.69 Å². The summed E-state index contributed by atoms with van der Waals surface area (Å²) in [7, 11) is -0.162. The van der Waals surface area contributed by atoms with Crippen molar-refractivity contribution >= 4 is 15.7 Å². The Morgan fingerprint density at radius 2 is 2.12 bits per heavy atom. The van der Waals surface area contributed by atoms with E-state index in [0.717, 1.165) is 0 Å². The number of phenolic OH excluding ortho intramolecular Hbond substituents is 1. The van der Waals surface area contributed by atoms with Crippen LogP contribution >= 0.6 is 0 Å². The fraction of sp³-hybridized carbons (Fsp3) is 0.400. The van der Waals surface area contributed by atoms with Crippen molar-refractivity contribution in [1.29, 1.82) is 0 Å². The molecule has 0 atom stereocenters. The molecule has 2 N–H and O–H groups in total. The van der Waals surface area contributed by atoms with Crippen LogP contribution in [-0.2, 0) is 10.0 Å².